The number of hydrogen-bond donors (Lipinski definition) is 1. The molecule has 1 fully saturated rings. The summed E-state index contributed by atoms with van der Waals surface area (Å²) in [6, 6.07) is 10.5. The Hall–Kier alpha value is -0.510. The maximum Gasteiger partial charge on any atom is 0.0968 e. The highest BCUT2D eigenvalue weighted by molar-refractivity contribution is 7.99. The van der Waals surface area contributed by atoms with E-state index in [4.69, 9.17) is 10.5 Å². The van der Waals surface area contributed by atoms with Crippen LogP contribution in [0.25, 0.3) is 0 Å². The fourth-order valence-electron chi connectivity index (χ4n) is 1.12. The zero-order valence-corrected chi connectivity index (χ0v) is 8.17. The Kier molecular flexibility index (Phi) is 2.88. The second kappa shape index (κ2) is 4.13. The van der Waals surface area contributed by atoms with E-state index in [2.05, 4.69) is 12.1 Å². The van der Waals surface area contributed by atoms with Crippen molar-refractivity contribution in [2.45, 2.75) is 17.0 Å². The predicted octanol–water partition coefficient (Wildman–Crippen LogP) is 1.50. The molecule has 0 aromatic heterocycles. The molecule has 1 heterocycles. The van der Waals surface area contributed by atoms with Gasteiger partial charge in [-0.15, -0.1) is 11.8 Å². The van der Waals surface area contributed by atoms with E-state index in [1.807, 2.05) is 18.2 Å². The van der Waals surface area contributed by atoms with Crippen molar-refractivity contribution in [2.75, 3.05) is 12.4 Å². The Morgan fingerprint density at radius 3 is 2.77 bits per heavy atom. The summed E-state index contributed by atoms with van der Waals surface area (Å²) in [5.41, 5.74) is 5.88. The average Bonchev–Trinajstić information content (AvgIpc) is 2.99. The second-order valence-electron chi connectivity index (χ2n) is 3.16. The molecule has 0 saturated carbocycles. The third kappa shape index (κ3) is 2.72. The number of hydrogen-bond acceptors (Lipinski definition) is 3. The molecule has 1 aromatic rings. The molecular formula is C10H13NOS. The second-order valence-corrected chi connectivity index (χ2v) is 4.25. The molecule has 0 radical (unpaired) electrons. The van der Waals surface area contributed by atoms with Crippen molar-refractivity contribution < 1.29 is 4.74 Å². The summed E-state index contributed by atoms with van der Waals surface area (Å²) in [4.78, 5) is 1.28. The van der Waals surface area contributed by atoms with Crippen LogP contribution in [0.15, 0.2) is 35.2 Å². The summed E-state index contributed by atoms with van der Waals surface area (Å²) < 4.78 is 5.12. The number of rotatable bonds is 4. The first-order chi connectivity index (χ1) is 6.36. The molecule has 1 saturated heterocycles. The smallest absolute Gasteiger partial charge is 0.0968 e. The van der Waals surface area contributed by atoms with Gasteiger partial charge in [0.05, 0.1) is 12.7 Å². The maximum atomic E-state index is 5.88. The molecule has 2 nitrogen and oxygen atoms in total. The number of ether oxygens (including phenoxy) is 1. The molecule has 0 amide bonds. The minimum absolute atomic E-state index is 0.185. The van der Waals surface area contributed by atoms with Gasteiger partial charge in [0.2, 0.25) is 0 Å². The highest BCUT2D eigenvalue weighted by Gasteiger charge is 2.29. The van der Waals surface area contributed by atoms with E-state index in [0.29, 0.717) is 6.10 Å². The molecule has 70 valence electrons. The van der Waals surface area contributed by atoms with Gasteiger partial charge in [0.15, 0.2) is 0 Å². The Morgan fingerprint density at radius 2 is 2.15 bits per heavy atom. The van der Waals surface area contributed by atoms with Gasteiger partial charge in [0, 0.05) is 16.7 Å². The molecule has 1 aromatic carbocycles. The Morgan fingerprint density at radius 1 is 1.46 bits per heavy atom. The van der Waals surface area contributed by atoms with E-state index in [1.54, 1.807) is 11.8 Å². The van der Waals surface area contributed by atoms with Crippen LogP contribution in [0.2, 0.25) is 0 Å². The summed E-state index contributed by atoms with van der Waals surface area (Å²) in [6.07, 6.45) is 0.316. The van der Waals surface area contributed by atoms with Crippen molar-refractivity contribution in [2.24, 2.45) is 5.73 Å². The molecule has 2 rings (SSSR count). The number of thioether (sulfide) groups is 1. The zero-order valence-electron chi connectivity index (χ0n) is 7.35. The number of epoxide rings is 1. The molecule has 0 spiro atoms. The first-order valence-corrected chi connectivity index (χ1v) is 5.40. The van der Waals surface area contributed by atoms with Crippen LogP contribution in [0.3, 0.4) is 0 Å². The number of nitrogens with two attached hydrogens (primary N) is 1. The molecule has 1 aliphatic heterocycles. The van der Waals surface area contributed by atoms with Crippen LogP contribution >= 0.6 is 11.8 Å². The zero-order chi connectivity index (χ0) is 9.10. The van der Waals surface area contributed by atoms with Gasteiger partial charge in [-0.25, -0.2) is 0 Å². The largest absolute Gasteiger partial charge is 0.371 e. The Labute approximate surface area is 82.5 Å². The molecule has 13 heavy (non-hydrogen) atoms. The van der Waals surface area contributed by atoms with E-state index in [9.17, 15) is 0 Å². The van der Waals surface area contributed by atoms with Gasteiger partial charge in [0.25, 0.3) is 0 Å². The Balaban J connectivity index is 1.78. The van der Waals surface area contributed by atoms with Crippen LogP contribution in [-0.4, -0.2) is 24.5 Å². The molecule has 0 aliphatic carbocycles. The quantitative estimate of drug-likeness (QED) is 0.584. The van der Waals surface area contributed by atoms with Crippen LogP contribution in [0.4, 0.5) is 0 Å². The first kappa shape index (κ1) is 9.06. The summed E-state index contributed by atoms with van der Waals surface area (Å²) in [5.74, 6) is 0.939. The van der Waals surface area contributed by atoms with E-state index < -0.39 is 0 Å². The van der Waals surface area contributed by atoms with Gasteiger partial charge in [-0.3, -0.25) is 0 Å². The van der Waals surface area contributed by atoms with Gasteiger partial charge in [-0.05, 0) is 12.1 Å². The van der Waals surface area contributed by atoms with Crippen LogP contribution < -0.4 is 5.73 Å². The maximum absolute atomic E-state index is 5.88. The van der Waals surface area contributed by atoms with E-state index in [1.165, 1.54) is 4.90 Å². The first-order valence-electron chi connectivity index (χ1n) is 4.41. The predicted molar refractivity (Wildman–Crippen MR) is 54.9 cm³/mol. The van der Waals surface area contributed by atoms with Gasteiger partial charge < -0.3 is 10.5 Å². The normalized spacial score (nSPS) is 22.7. The van der Waals surface area contributed by atoms with Gasteiger partial charge in [0.1, 0.15) is 0 Å². The lowest BCUT2D eigenvalue weighted by Gasteiger charge is -2.06. The highest BCUT2D eigenvalue weighted by Crippen LogP contribution is 2.21. The molecular weight excluding hydrogens is 182 g/mol. The van der Waals surface area contributed by atoms with Gasteiger partial charge >= 0.3 is 0 Å². The van der Waals surface area contributed by atoms with Crippen molar-refractivity contribution >= 4 is 11.8 Å². The van der Waals surface area contributed by atoms with Crippen LogP contribution in [0.1, 0.15) is 0 Å². The average molecular weight is 195 g/mol. The van der Waals surface area contributed by atoms with E-state index >= 15 is 0 Å². The monoisotopic (exact) mass is 195 g/mol. The lowest BCUT2D eigenvalue weighted by molar-refractivity contribution is 0.383. The highest BCUT2D eigenvalue weighted by atomic mass is 32.2. The summed E-state index contributed by atoms with van der Waals surface area (Å²) in [6.45, 7) is 0.844. The third-order valence-corrected chi connectivity index (χ3v) is 3.18. The lowest BCUT2D eigenvalue weighted by atomic mass is 10.3. The Bertz CT molecular complexity index is 261. The third-order valence-electron chi connectivity index (χ3n) is 2.02. The fourth-order valence-corrected chi connectivity index (χ4v) is 2.07. The molecule has 0 bridgehead atoms. The molecule has 0 unspecified atom stereocenters. The van der Waals surface area contributed by atoms with Crippen LogP contribution in [0, 0.1) is 0 Å². The van der Waals surface area contributed by atoms with Crippen molar-refractivity contribution in [1.29, 1.82) is 0 Å². The minimum atomic E-state index is 0.185. The molecule has 2 N–H and O–H groups in total. The summed E-state index contributed by atoms with van der Waals surface area (Å²) in [7, 11) is 0. The SMILES string of the molecule is N[C@H](CSc1ccccc1)[C@H]1CO1. The van der Waals surface area contributed by atoms with Gasteiger partial charge in [-0.2, -0.15) is 0 Å². The summed E-state index contributed by atoms with van der Waals surface area (Å²) >= 11 is 1.79. The van der Waals surface area contributed by atoms with Crippen molar-refractivity contribution in [3.63, 3.8) is 0 Å². The van der Waals surface area contributed by atoms with Crippen molar-refractivity contribution in [1.82, 2.24) is 0 Å². The van der Waals surface area contributed by atoms with E-state index in [-0.39, 0.29) is 6.04 Å². The summed E-state index contributed by atoms with van der Waals surface area (Å²) in [5, 5.41) is 0. The minimum Gasteiger partial charge on any atom is -0.371 e. The fraction of sp³-hybridized carbons (Fsp3) is 0.400. The van der Waals surface area contributed by atoms with E-state index in [0.717, 1.165) is 12.4 Å². The lowest BCUT2D eigenvalue weighted by Crippen LogP contribution is -2.29. The molecule has 3 heteroatoms. The molecule has 2 atom stereocenters. The molecule has 1 aliphatic rings. The van der Waals surface area contributed by atoms with Crippen molar-refractivity contribution in [3.05, 3.63) is 30.3 Å². The topological polar surface area (TPSA) is 38.5 Å². The van der Waals surface area contributed by atoms with Crippen LogP contribution in [0.5, 0.6) is 0 Å². The van der Waals surface area contributed by atoms with Crippen molar-refractivity contribution in [3.8, 4) is 0 Å². The van der Waals surface area contributed by atoms with Crippen LogP contribution in [-0.2, 0) is 4.74 Å². The standard InChI is InChI=1S/C10H13NOS/c11-9(10-6-12-10)7-13-8-4-2-1-3-5-8/h1-5,9-10H,6-7,11H2/t9-,10-/m1/s1. The number of benzene rings is 1. The van der Waals surface area contributed by atoms with Gasteiger partial charge in [-0.1, -0.05) is 18.2 Å².